The maximum absolute atomic E-state index is 12.9. The van der Waals surface area contributed by atoms with Crippen LogP contribution in [-0.4, -0.2) is 23.0 Å². The van der Waals surface area contributed by atoms with Gasteiger partial charge in [0.1, 0.15) is 11.6 Å². The lowest BCUT2D eigenvalue weighted by atomic mass is 9.87. The Morgan fingerprint density at radius 3 is 2.72 bits per heavy atom. The van der Waals surface area contributed by atoms with E-state index in [1.54, 1.807) is 7.11 Å². The van der Waals surface area contributed by atoms with Gasteiger partial charge in [-0.1, -0.05) is 47.6 Å². The van der Waals surface area contributed by atoms with Crippen molar-refractivity contribution in [1.82, 2.24) is 9.97 Å². The molecule has 3 aromatic rings. The topological polar surface area (TPSA) is 84.1 Å². The van der Waals surface area contributed by atoms with Crippen LogP contribution < -0.4 is 15.6 Å². The number of nitrogens with one attached hydrogen (secondary N) is 2. The Hall–Kier alpha value is -2.77. The Morgan fingerprint density at radius 1 is 1.21 bits per heavy atom. The first-order valence-corrected chi connectivity index (χ1v) is 10.3. The fourth-order valence-electron chi connectivity index (χ4n) is 3.32. The molecule has 8 heteroatoms. The quantitative estimate of drug-likeness (QED) is 0.471. The zero-order valence-electron chi connectivity index (χ0n) is 15.6. The number of carbonyl (C=O) groups excluding carboxylic acids is 1. The summed E-state index contributed by atoms with van der Waals surface area (Å²) < 4.78 is 5.19. The van der Waals surface area contributed by atoms with Crippen LogP contribution in [0.5, 0.6) is 5.75 Å². The first-order chi connectivity index (χ1) is 14.0. The Balaban J connectivity index is 1.63. The van der Waals surface area contributed by atoms with Gasteiger partial charge in [0.25, 0.3) is 5.56 Å². The number of fused-ring (bicyclic) bond motifs is 1. The number of benzene rings is 2. The molecule has 0 saturated heterocycles. The second kappa shape index (κ2) is 8.31. The summed E-state index contributed by atoms with van der Waals surface area (Å²) in [5, 5.41) is 3.85. The SMILES string of the molecule is COc1ccc(C2CC(=O)Nc3nc(SCc4cccc(Cl)c4)[nH]c(=O)c32)cc1. The third kappa shape index (κ3) is 4.31. The maximum atomic E-state index is 12.9. The molecule has 2 aromatic carbocycles. The number of aromatic nitrogens is 2. The van der Waals surface area contributed by atoms with E-state index in [0.29, 0.717) is 33.1 Å². The molecule has 0 spiro atoms. The van der Waals surface area contributed by atoms with Crippen molar-refractivity contribution in [3.8, 4) is 5.75 Å². The van der Waals surface area contributed by atoms with Gasteiger partial charge in [0.05, 0.1) is 12.7 Å². The van der Waals surface area contributed by atoms with E-state index in [2.05, 4.69) is 15.3 Å². The van der Waals surface area contributed by atoms with Crippen LogP contribution in [0.1, 0.15) is 29.0 Å². The van der Waals surface area contributed by atoms with Crippen LogP contribution in [0.15, 0.2) is 58.5 Å². The first-order valence-electron chi connectivity index (χ1n) is 8.99. The van der Waals surface area contributed by atoms with Gasteiger partial charge in [-0.15, -0.1) is 0 Å². The monoisotopic (exact) mass is 427 g/mol. The van der Waals surface area contributed by atoms with Crippen molar-refractivity contribution in [2.45, 2.75) is 23.2 Å². The zero-order chi connectivity index (χ0) is 20.4. The molecule has 4 rings (SSSR count). The van der Waals surface area contributed by atoms with Crippen molar-refractivity contribution >= 4 is 35.1 Å². The number of H-pyrrole nitrogens is 1. The average Bonchev–Trinajstić information content (AvgIpc) is 2.71. The minimum atomic E-state index is -0.354. The van der Waals surface area contributed by atoms with E-state index in [-0.39, 0.29) is 23.8 Å². The Labute approximate surface area is 176 Å². The van der Waals surface area contributed by atoms with Crippen molar-refractivity contribution in [3.05, 3.63) is 80.6 Å². The molecule has 0 radical (unpaired) electrons. The fourth-order valence-corrected chi connectivity index (χ4v) is 4.33. The van der Waals surface area contributed by atoms with Gasteiger partial charge >= 0.3 is 0 Å². The van der Waals surface area contributed by atoms with Crippen molar-refractivity contribution in [1.29, 1.82) is 0 Å². The molecule has 0 bridgehead atoms. The smallest absolute Gasteiger partial charge is 0.257 e. The van der Waals surface area contributed by atoms with Gasteiger partial charge in [0, 0.05) is 23.1 Å². The minimum absolute atomic E-state index is 0.165. The highest BCUT2D eigenvalue weighted by Gasteiger charge is 2.31. The van der Waals surface area contributed by atoms with Crippen molar-refractivity contribution in [3.63, 3.8) is 0 Å². The molecule has 1 amide bonds. The van der Waals surface area contributed by atoms with E-state index in [0.717, 1.165) is 11.1 Å². The van der Waals surface area contributed by atoms with Gasteiger partial charge in [-0.2, -0.15) is 0 Å². The summed E-state index contributed by atoms with van der Waals surface area (Å²) in [5.41, 5.74) is 2.11. The Bertz CT molecular complexity index is 1110. The summed E-state index contributed by atoms with van der Waals surface area (Å²) in [7, 11) is 1.59. The first kappa shape index (κ1) is 19.5. The van der Waals surface area contributed by atoms with Crippen LogP contribution in [-0.2, 0) is 10.5 Å². The minimum Gasteiger partial charge on any atom is -0.497 e. The molecule has 148 valence electrons. The van der Waals surface area contributed by atoms with Crippen LogP contribution in [0.2, 0.25) is 5.02 Å². The lowest BCUT2D eigenvalue weighted by Crippen LogP contribution is -2.31. The summed E-state index contributed by atoms with van der Waals surface area (Å²) in [6.07, 6.45) is 0.194. The van der Waals surface area contributed by atoms with E-state index >= 15 is 0 Å². The van der Waals surface area contributed by atoms with Gasteiger partial charge < -0.3 is 15.0 Å². The number of nitrogens with zero attached hydrogens (tertiary/aromatic N) is 1. The van der Waals surface area contributed by atoms with Gasteiger partial charge in [-0.05, 0) is 35.4 Å². The Kier molecular flexibility index (Phi) is 5.60. The lowest BCUT2D eigenvalue weighted by Gasteiger charge is -2.24. The van der Waals surface area contributed by atoms with Crippen molar-refractivity contribution < 1.29 is 9.53 Å². The van der Waals surface area contributed by atoms with Crippen molar-refractivity contribution in [2.24, 2.45) is 0 Å². The van der Waals surface area contributed by atoms with Gasteiger partial charge in [0.15, 0.2) is 5.16 Å². The predicted molar refractivity (Wildman–Crippen MR) is 114 cm³/mol. The van der Waals surface area contributed by atoms with Crippen molar-refractivity contribution in [2.75, 3.05) is 12.4 Å². The number of ether oxygens (including phenoxy) is 1. The van der Waals surface area contributed by atoms with Crippen LogP contribution in [0.3, 0.4) is 0 Å². The molecule has 2 heterocycles. The third-order valence-corrected chi connectivity index (χ3v) is 5.89. The fraction of sp³-hybridized carbons (Fsp3) is 0.190. The molecule has 2 N–H and O–H groups in total. The molecule has 1 atom stereocenters. The van der Waals surface area contributed by atoms with Gasteiger partial charge in [-0.3, -0.25) is 9.59 Å². The number of halogens is 1. The number of carbonyl (C=O) groups is 1. The molecule has 1 aromatic heterocycles. The number of anilines is 1. The van der Waals surface area contributed by atoms with E-state index in [9.17, 15) is 9.59 Å². The predicted octanol–water partition coefficient (Wildman–Crippen LogP) is 4.20. The molecule has 6 nitrogen and oxygen atoms in total. The van der Waals surface area contributed by atoms with Crippen LogP contribution >= 0.6 is 23.4 Å². The molecule has 1 aliphatic heterocycles. The largest absolute Gasteiger partial charge is 0.497 e. The molecule has 1 aliphatic rings. The number of methoxy groups -OCH3 is 1. The van der Waals surface area contributed by atoms with Crippen LogP contribution in [0, 0.1) is 0 Å². The third-order valence-electron chi connectivity index (χ3n) is 4.71. The highest BCUT2D eigenvalue weighted by Crippen LogP contribution is 2.35. The average molecular weight is 428 g/mol. The summed E-state index contributed by atoms with van der Waals surface area (Å²) >= 11 is 7.40. The number of rotatable bonds is 5. The van der Waals surface area contributed by atoms with Gasteiger partial charge in [-0.25, -0.2) is 4.98 Å². The highest BCUT2D eigenvalue weighted by atomic mass is 35.5. The van der Waals surface area contributed by atoms with Gasteiger partial charge in [0.2, 0.25) is 5.91 Å². The molecular weight excluding hydrogens is 410 g/mol. The molecule has 1 unspecified atom stereocenters. The summed E-state index contributed by atoms with van der Waals surface area (Å²) in [6, 6.07) is 14.9. The van der Waals surface area contributed by atoms with E-state index in [4.69, 9.17) is 16.3 Å². The lowest BCUT2D eigenvalue weighted by molar-refractivity contribution is -0.116. The summed E-state index contributed by atoms with van der Waals surface area (Å²) in [6.45, 7) is 0. The summed E-state index contributed by atoms with van der Waals surface area (Å²) in [4.78, 5) is 32.5. The van der Waals surface area contributed by atoms with E-state index in [1.807, 2.05) is 48.5 Å². The van der Waals surface area contributed by atoms with E-state index < -0.39 is 0 Å². The maximum Gasteiger partial charge on any atom is 0.257 e. The molecule has 0 saturated carbocycles. The number of thioether (sulfide) groups is 1. The summed E-state index contributed by atoms with van der Waals surface area (Å²) in [5.74, 6) is 1.11. The van der Waals surface area contributed by atoms with Crippen LogP contribution in [0.4, 0.5) is 5.82 Å². The molecular formula is C21H18ClN3O3S. The molecule has 29 heavy (non-hydrogen) atoms. The molecule has 0 fully saturated rings. The zero-order valence-corrected chi connectivity index (χ0v) is 17.1. The molecule has 0 aliphatic carbocycles. The van der Waals surface area contributed by atoms with E-state index in [1.165, 1.54) is 11.8 Å². The number of aromatic amines is 1. The number of amides is 1. The second-order valence-electron chi connectivity index (χ2n) is 6.63. The highest BCUT2D eigenvalue weighted by molar-refractivity contribution is 7.98. The Morgan fingerprint density at radius 2 is 2.00 bits per heavy atom. The second-order valence-corrected chi connectivity index (χ2v) is 8.03. The standard InChI is InChI=1S/C21H18ClN3O3S/c1-28-15-7-5-13(6-8-15)16-10-17(26)23-19-18(16)20(27)25-21(24-19)29-11-12-3-2-4-14(22)9-12/h2-9,16H,10-11H2,1H3,(H2,23,24,25,26,27). The van der Waals surface area contributed by atoms with Crippen LogP contribution in [0.25, 0.3) is 0 Å². The number of hydrogen-bond acceptors (Lipinski definition) is 5. The normalized spacial score (nSPS) is 15.5. The number of hydrogen-bond donors (Lipinski definition) is 2.